The van der Waals surface area contributed by atoms with E-state index >= 15 is 0 Å². The van der Waals surface area contributed by atoms with Crippen LogP contribution in [-0.2, 0) is 0 Å². The molecule has 2 rings (SSSR count). The maximum atomic E-state index is 9.48. The first-order valence-electron chi connectivity index (χ1n) is 6.66. The molecule has 0 radical (unpaired) electrons. The van der Waals surface area contributed by atoms with Gasteiger partial charge in [0.05, 0.1) is 12.1 Å². The van der Waals surface area contributed by atoms with E-state index < -0.39 is 0 Å². The van der Waals surface area contributed by atoms with Gasteiger partial charge in [0.1, 0.15) is 5.82 Å². The Morgan fingerprint density at radius 1 is 1.44 bits per heavy atom. The van der Waals surface area contributed by atoms with Crippen LogP contribution in [0.2, 0.25) is 0 Å². The number of rotatable bonds is 6. The van der Waals surface area contributed by atoms with Gasteiger partial charge in [0, 0.05) is 18.3 Å². The molecule has 0 aromatic carbocycles. The number of anilines is 2. The van der Waals surface area contributed by atoms with E-state index in [2.05, 4.69) is 27.5 Å². The molecule has 100 valence electrons. The Morgan fingerprint density at radius 3 is 2.78 bits per heavy atom. The van der Waals surface area contributed by atoms with Crippen molar-refractivity contribution in [1.29, 1.82) is 0 Å². The molecule has 0 spiro atoms. The van der Waals surface area contributed by atoms with Crippen molar-refractivity contribution in [2.45, 2.75) is 45.1 Å². The Kier molecular flexibility index (Phi) is 4.01. The molecule has 1 aromatic heterocycles. The molecule has 0 saturated heterocycles. The molecule has 3 N–H and O–H groups in total. The van der Waals surface area contributed by atoms with Crippen LogP contribution in [0.5, 0.6) is 0 Å². The quantitative estimate of drug-likeness (QED) is 0.719. The van der Waals surface area contributed by atoms with Crippen LogP contribution in [0.1, 0.15) is 38.2 Å². The smallest absolute Gasteiger partial charge is 0.224 e. The van der Waals surface area contributed by atoms with E-state index in [0.717, 1.165) is 37.2 Å². The van der Waals surface area contributed by atoms with Gasteiger partial charge >= 0.3 is 0 Å². The zero-order valence-electron chi connectivity index (χ0n) is 11.2. The van der Waals surface area contributed by atoms with Gasteiger partial charge in [0.25, 0.3) is 0 Å². The van der Waals surface area contributed by atoms with E-state index in [1.54, 1.807) is 0 Å². The number of hydrogen-bond donors (Lipinski definition) is 3. The summed E-state index contributed by atoms with van der Waals surface area (Å²) >= 11 is 0. The second kappa shape index (κ2) is 5.52. The summed E-state index contributed by atoms with van der Waals surface area (Å²) in [5.41, 5.74) is 0.845. The summed E-state index contributed by atoms with van der Waals surface area (Å²) in [6.45, 7) is 5.12. The van der Waals surface area contributed by atoms with E-state index in [-0.39, 0.29) is 12.1 Å². The fourth-order valence-electron chi connectivity index (χ4n) is 2.07. The second-order valence-corrected chi connectivity index (χ2v) is 5.07. The predicted octanol–water partition coefficient (Wildman–Crippen LogP) is 1.93. The topological polar surface area (TPSA) is 70.1 Å². The Morgan fingerprint density at radius 2 is 2.22 bits per heavy atom. The van der Waals surface area contributed by atoms with Crippen LogP contribution < -0.4 is 10.6 Å². The summed E-state index contributed by atoms with van der Waals surface area (Å²) < 4.78 is 0. The number of nitrogens with one attached hydrogen (secondary N) is 2. The fourth-order valence-corrected chi connectivity index (χ4v) is 2.07. The predicted molar refractivity (Wildman–Crippen MR) is 72.8 cm³/mol. The molecule has 0 bridgehead atoms. The molecule has 1 fully saturated rings. The van der Waals surface area contributed by atoms with Crippen LogP contribution in [0.25, 0.3) is 0 Å². The van der Waals surface area contributed by atoms with Crippen LogP contribution in [0.4, 0.5) is 11.8 Å². The van der Waals surface area contributed by atoms with E-state index in [1.165, 1.54) is 6.42 Å². The average molecular weight is 250 g/mol. The third kappa shape index (κ3) is 2.72. The van der Waals surface area contributed by atoms with Crippen molar-refractivity contribution in [1.82, 2.24) is 9.97 Å². The summed E-state index contributed by atoms with van der Waals surface area (Å²) in [6.07, 6.45) is 6.03. The normalized spacial score (nSPS) is 17.1. The summed E-state index contributed by atoms with van der Waals surface area (Å²) in [5, 5.41) is 16.0. The van der Waals surface area contributed by atoms with Crippen molar-refractivity contribution in [2.75, 3.05) is 23.8 Å². The monoisotopic (exact) mass is 250 g/mol. The van der Waals surface area contributed by atoms with Gasteiger partial charge in [0.15, 0.2) is 0 Å². The fraction of sp³-hybridized carbons (Fsp3) is 0.692. The lowest BCUT2D eigenvalue weighted by atomic mass is 9.77. The molecule has 1 heterocycles. The Bertz CT molecular complexity index is 398. The maximum Gasteiger partial charge on any atom is 0.224 e. The highest BCUT2D eigenvalue weighted by Crippen LogP contribution is 2.35. The third-order valence-corrected chi connectivity index (χ3v) is 3.50. The highest BCUT2D eigenvalue weighted by molar-refractivity contribution is 5.49. The number of nitrogens with zero attached hydrogens (tertiary/aromatic N) is 2. The molecule has 5 heteroatoms. The molecule has 5 nitrogen and oxygen atoms in total. The van der Waals surface area contributed by atoms with E-state index in [9.17, 15) is 5.11 Å². The molecule has 1 aliphatic rings. The zero-order valence-corrected chi connectivity index (χ0v) is 11.2. The minimum absolute atomic E-state index is 0.161. The molecule has 1 aliphatic carbocycles. The molecule has 0 unspecified atom stereocenters. The van der Waals surface area contributed by atoms with Crippen molar-refractivity contribution >= 4 is 11.8 Å². The van der Waals surface area contributed by atoms with E-state index in [1.807, 2.05) is 13.1 Å². The first kappa shape index (κ1) is 13.1. The van der Waals surface area contributed by atoms with E-state index in [4.69, 9.17) is 0 Å². The second-order valence-electron chi connectivity index (χ2n) is 5.07. The van der Waals surface area contributed by atoms with Gasteiger partial charge in [-0.15, -0.1) is 0 Å². The maximum absolute atomic E-state index is 9.48. The largest absolute Gasteiger partial charge is 0.394 e. The molecule has 0 aliphatic heterocycles. The summed E-state index contributed by atoms with van der Waals surface area (Å²) in [6, 6.07) is 0. The molecule has 1 saturated carbocycles. The van der Waals surface area contributed by atoms with Crippen LogP contribution in [0.15, 0.2) is 6.20 Å². The molecular formula is C13H22N4O. The van der Waals surface area contributed by atoms with Gasteiger partial charge in [-0.25, -0.2) is 4.98 Å². The van der Waals surface area contributed by atoms with Crippen LogP contribution in [0.3, 0.4) is 0 Å². The number of hydrogen-bond acceptors (Lipinski definition) is 5. The molecular weight excluding hydrogens is 228 g/mol. The summed E-state index contributed by atoms with van der Waals surface area (Å²) in [5.74, 6) is 1.48. The molecule has 0 atom stereocenters. The Balaban J connectivity index is 2.10. The van der Waals surface area contributed by atoms with Crippen LogP contribution in [-0.4, -0.2) is 33.8 Å². The van der Waals surface area contributed by atoms with Gasteiger partial charge in [-0.3, -0.25) is 0 Å². The number of aliphatic hydroxyl groups is 1. The van der Waals surface area contributed by atoms with Crippen molar-refractivity contribution in [2.24, 2.45) is 0 Å². The van der Waals surface area contributed by atoms with Crippen molar-refractivity contribution < 1.29 is 5.11 Å². The minimum atomic E-state index is -0.166. The number of aliphatic hydroxyl groups excluding tert-OH is 1. The van der Waals surface area contributed by atoms with Crippen molar-refractivity contribution in [3.8, 4) is 0 Å². The van der Waals surface area contributed by atoms with Gasteiger partial charge in [-0.2, -0.15) is 4.98 Å². The average Bonchev–Trinajstić information content (AvgIpc) is 2.34. The summed E-state index contributed by atoms with van der Waals surface area (Å²) in [7, 11) is 0. The van der Waals surface area contributed by atoms with Crippen molar-refractivity contribution in [3.05, 3.63) is 11.8 Å². The number of aryl methyl sites for hydroxylation is 1. The lowest BCUT2D eigenvalue weighted by Crippen LogP contribution is -2.48. The van der Waals surface area contributed by atoms with Gasteiger partial charge in [0.2, 0.25) is 5.95 Å². The van der Waals surface area contributed by atoms with Gasteiger partial charge in [-0.1, -0.05) is 6.92 Å². The Labute approximate surface area is 108 Å². The van der Waals surface area contributed by atoms with Crippen LogP contribution >= 0.6 is 0 Å². The molecule has 0 amide bonds. The van der Waals surface area contributed by atoms with E-state index in [0.29, 0.717) is 5.95 Å². The van der Waals surface area contributed by atoms with Crippen molar-refractivity contribution in [3.63, 3.8) is 0 Å². The lowest BCUT2D eigenvalue weighted by molar-refractivity contribution is 0.143. The minimum Gasteiger partial charge on any atom is -0.394 e. The van der Waals surface area contributed by atoms with Crippen LogP contribution in [0, 0.1) is 6.92 Å². The highest BCUT2D eigenvalue weighted by atomic mass is 16.3. The first-order valence-corrected chi connectivity index (χ1v) is 6.66. The van der Waals surface area contributed by atoms with Gasteiger partial charge < -0.3 is 15.7 Å². The standard InChI is InChI=1S/C13H22N4O/c1-3-7-14-12-15-8-10(2)11(16-12)17-13(9-18)5-4-6-13/h8,18H,3-7,9H2,1-2H3,(H2,14,15,16,17). The summed E-state index contributed by atoms with van der Waals surface area (Å²) in [4.78, 5) is 8.73. The molecule has 1 aromatic rings. The highest BCUT2D eigenvalue weighted by Gasteiger charge is 2.36. The molecule has 18 heavy (non-hydrogen) atoms. The van der Waals surface area contributed by atoms with Gasteiger partial charge in [-0.05, 0) is 32.6 Å². The lowest BCUT2D eigenvalue weighted by Gasteiger charge is -2.41. The SMILES string of the molecule is CCCNc1ncc(C)c(NC2(CO)CCC2)n1. The first-order chi connectivity index (χ1) is 8.69. The zero-order chi connectivity index (χ0) is 13.0. The Hall–Kier alpha value is -1.36. The third-order valence-electron chi connectivity index (χ3n) is 3.50. The number of aromatic nitrogens is 2.